The second-order valence-corrected chi connectivity index (χ2v) is 9.12. The van der Waals surface area contributed by atoms with Crippen LogP contribution in [0, 0.1) is 6.92 Å². The Bertz CT molecular complexity index is 1420. The number of aromatic amines is 1. The zero-order valence-corrected chi connectivity index (χ0v) is 20.0. The Kier molecular flexibility index (Phi) is 5.79. The Balaban J connectivity index is 1.61. The first-order valence-corrected chi connectivity index (χ1v) is 11.7. The highest BCUT2D eigenvalue weighted by atomic mass is 79.9. The zero-order valence-electron chi connectivity index (χ0n) is 18.4. The van der Waals surface area contributed by atoms with E-state index >= 15 is 0 Å². The van der Waals surface area contributed by atoms with Crippen LogP contribution in [0.4, 0.5) is 0 Å². The average Bonchev–Trinajstić information content (AvgIpc) is 3.51. The quantitative estimate of drug-likeness (QED) is 0.183. The number of ketones is 1. The van der Waals surface area contributed by atoms with Gasteiger partial charge in [0.1, 0.15) is 18.0 Å². The van der Waals surface area contributed by atoms with Gasteiger partial charge in [-0.15, -0.1) is 0 Å². The van der Waals surface area contributed by atoms with Gasteiger partial charge in [0.25, 0.3) is 5.91 Å². The molecule has 1 unspecified atom stereocenters. The van der Waals surface area contributed by atoms with Crippen molar-refractivity contribution >= 4 is 39.0 Å². The van der Waals surface area contributed by atoms with E-state index in [9.17, 15) is 14.7 Å². The fourth-order valence-corrected chi connectivity index (χ4v) is 4.94. The number of amides is 1. The van der Waals surface area contributed by atoms with Crippen LogP contribution in [-0.2, 0) is 16.1 Å². The third-order valence-corrected chi connectivity index (χ3v) is 6.52. The SMILES string of the molecule is Cc1nc2ccccn2c1/C([O-])=C1\C(=O)C(=O)N(CCC[n+]2cc[nH]c2)C1c1cccc(Br)c1. The predicted octanol–water partition coefficient (Wildman–Crippen LogP) is 2.34. The number of hydrogen-bond acceptors (Lipinski definition) is 4. The van der Waals surface area contributed by atoms with Crippen molar-refractivity contribution in [1.29, 1.82) is 0 Å². The molecular weight excluding hydrogens is 498 g/mol. The van der Waals surface area contributed by atoms with E-state index in [1.807, 2.05) is 53.6 Å². The summed E-state index contributed by atoms with van der Waals surface area (Å²) < 4.78 is 4.44. The Morgan fingerprint density at radius 1 is 1.24 bits per heavy atom. The van der Waals surface area contributed by atoms with Crippen molar-refractivity contribution in [2.24, 2.45) is 0 Å². The van der Waals surface area contributed by atoms with Crippen LogP contribution >= 0.6 is 15.9 Å². The van der Waals surface area contributed by atoms with Crippen molar-refractivity contribution in [2.75, 3.05) is 6.54 Å². The number of aryl methyl sites for hydroxylation is 2. The predicted molar refractivity (Wildman–Crippen MR) is 126 cm³/mol. The van der Waals surface area contributed by atoms with Gasteiger partial charge in [-0.2, -0.15) is 0 Å². The number of likely N-dealkylation sites (tertiary alicyclic amines) is 1. The van der Waals surface area contributed by atoms with E-state index in [4.69, 9.17) is 0 Å². The van der Waals surface area contributed by atoms with Crippen LogP contribution in [0.3, 0.4) is 0 Å². The number of aromatic nitrogens is 4. The first-order chi connectivity index (χ1) is 16.5. The lowest BCUT2D eigenvalue weighted by Gasteiger charge is -2.27. The number of nitrogens with one attached hydrogen (secondary N) is 1. The summed E-state index contributed by atoms with van der Waals surface area (Å²) in [6.45, 7) is 2.74. The summed E-state index contributed by atoms with van der Waals surface area (Å²) in [5.74, 6) is -1.88. The topological polar surface area (TPSA) is 97.4 Å². The average molecular weight is 520 g/mol. The van der Waals surface area contributed by atoms with E-state index in [2.05, 4.69) is 25.9 Å². The monoisotopic (exact) mass is 519 g/mol. The number of carbonyl (C=O) groups excluding carboxylic acids is 2. The van der Waals surface area contributed by atoms with Crippen molar-refractivity contribution < 1.29 is 19.3 Å². The first-order valence-electron chi connectivity index (χ1n) is 10.9. The second-order valence-electron chi connectivity index (χ2n) is 8.21. The van der Waals surface area contributed by atoms with Gasteiger partial charge in [-0.05, 0) is 36.8 Å². The number of H-pyrrole nitrogens is 1. The maximum atomic E-state index is 13.9. The molecule has 0 aliphatic carbocycles. The molecule has 1 amide bonds. The minimum Gasteiger partial charge on any atom is -0.871 e. The van der Waals surface area contributed by atoms with E-state index in [-0.39, 0.29) is 5.57 Å². The van der Waals surface area contributed by atoms with E-state index in [1.54, 1.807) is 29.7 Å². The summed E-state index contributed by atoms with van der Waals surface area (Å²) in [6, 6.07) is 12.0. The molecule has 1 atom stereocenters. The Hall–Kier alpha value is -3.72. The summed E-state index contributed by atoms with van der Waals surface area (Å²) in [5, 5.41) is 13.9. The summed E-state index contributed by atoms with van der Waals surface area (Å²) in [7, 11) is 0. The van der Waals surface area contributed by atoms with Crippen molar-refractivity contribution in [3.05, 3.63) is 94.4 Å². The number of benzene rings is 1. The molecule has 4 heterocycles. The van der Waals surface area contributed by atoms with Gasteiger partial charge in [-0.1, -0.05) is 39.9 Å². The Morgan fingerprint density at radius 2 is 2.09 bits per heavy atom. The number of carbonyl (C=O) groups is 2. The standard InChI is InChI=1S/C25H22BrN5O3/c1-16-21(30-11-3-2-8-19(30)28-16)23(32)20-22(17-6-4-7-18(26)14-17)31(25(34)24(20)33)12-5-10-29-13-9-27-15-29/h2-4,6-9,11,13-15,22H,5,10,12H2,1H3,(H,32,33). The Morgan fingerprint density at radius 3 is 2.85 bits per heavy atom. The van der Waals surface area contributed by atoms with Gasteiger partial charge >= 0.3 is 0 Å². The molecule has 1 aliphatic heterocycles. The molecule has 1 aromatic carbocycles. The van der Waals surface area contributed by atoms with E-state index < -0.39 is 23.5 Å². The van der Waals surface area contributed by atoms with Gasteiger partial charge in [-0.25, -0.2) is 9.55 Å². The minimum atomic E-state index is -0.769. The lowest BCUT2D eigenvalue weighted by molar-refractivity contribution is -0.695. The fourth-order valence-electron chi connectivity index (χ4n) is 4.52. The maximum Gasteiger partial charge on any atom is 0.295 e. The summed E-state index contributed by atoms with van der Waals surface area (Å²) in [5.41, 5.74) is 2.10. The van der Waals surface area contributed by atoms with Crippen LogP contribution in [0.25, 0.3) is 11.4 Å². The first kappa shape index (κ1) is 22.1. The molecule has 172 valence electrons. The van der Waals surface area contributed by atoms with Gasteiger partial charge in [-0.3, -0.25) is 14.6 Å². The van der Waals surface area contributed by atoms with Crippen LogP contribution in [0.2, 0.25) is 0 Å². The molecule has 0 radical (unpaired) electrons. The molecule has 9 heteroatoms. The van der Waals surface area contributed by atoms with Gasteiger partial charge < -0.3 is 14.4 Å². The molecule has 0 spiro atoms. The largest absolute Gasteiger partial charge is 0.871 e. The molecular formula is C25H22BrN5O3. The molecule has 8 nitrogen and oxygen atoms in total. The van der Waals surface area contributed by atoms with Crippen LogP contribution in [0.5, 0.6) is 0 Å². The second kappa shape index (κ2) is 8.90. The van der Waals surface area contributed by atoms with Crippen molar-refractivity contribution in [3.8, 4) is 0 Å². The number of fused-ring (bicyclic) bond motifs is 1. The van der Waals surface area contributed by atoms with Crippen molar-refractivity contribution in [2.45, 2.75) is 25.9 Å². The summed E-state index contributed by atoms with van der Waals surface area (Å²) in [4.78, 5) is 35.4. The van der Waals surface area contributed by atoms with Crippen molar-refractivity contribution in [1.82, 2.24) is 19.3 Å². The molecule has 1 aliphatic rings. The minimum absolute atomic E-state index is 0.0360. The van der Waals surface area contributed by atoms with Crippen LogP contribution in [-0.4, -0.2) is 37.5 Å². The molecule has 3 aromatic heterocycles. The molecule has 0 saturated carbocycles. The number of Topliss-reactive ketones (excluding diaryl/α,β-unsaturated/α-hetero) is 1. The number of halogens is 1. The van der Waals surface area contributed by atoms with E-state index in [0.717, 1.165) is 4.47 Å². The van der Waals surface area contributed by atoms with Crippen molar-refractivity contribution in [3.63, 3.8) is 0 Å². The number of rotatable bonds is 6. The normalized spacial score (nSPS) is 17.7. The molecule has 1 saturated heterocycles. The van der Waals surface area contributed by atoms with Crippen LogP contribution < -0.4 is 9.67 Å². The number of nitrogens with zero attached hydrogens (tertiary/aromatic N) is 4. The molecule has 0 bridgehead atoms. The van der Waals surface area contributed by atoms with Gasteiger partial charge in [0, 0.05) is 29.2 Å². The van der Waals surface area contributed by atoms with E-state index in [0.29, 0.717) is 42.1 Å². The Labute approximate surface area is 204 Å². The smallest absolute Gasteiger partial charge is 0.295 e. The highest BCUT2D eigenvalue weighted by Crippen LogP contribution is 2.39. The van der Waals surface area contributed by atoms with Crippen LogP contribution in [0.15, 0.2) is 77.4 Å². The zero-order chi connectivity index (χ0) is 23.8. The summed E-state index contributed by atoms with van der Waals surface area (Å²) in [6.07, 6.45) is 7.92. The molecule has 5 rings (SSSR count). The third kappa shape index (κ3) is 3.81. The molecule has 1 fully saturated rings. The summed E-state index contributed by atoms with van der Waals surface area (Å²) >= 11 is 3.47. The maximum absolute atomic E-state index is 13.9. The molecule has 4 aromatic rings. The van der Waals surface area contributed by atoms with Crippen LogP contribution in [0.1, 0.15) is 29.4 Å². The fraction of sp³-hybridized carbons (Fsp3) is 0.200. The van der Waals surface area contributed by atoms with Gasteiger partial charge in [0.15, 0.2) is 0 Å². The van der Waals surface area contributed by atoms with Gasteiger partial charge in [0.05, 0.1) is 24.0 Å². The highest BCUT2D eigenvalue weighted by molar-refractivity contribution is 9.10. The molecule has 1 N–H and O–H groups in total. The lowest BCUT2D eigenvalue weighted by atomic mass is 9.96. The third-order valence-electron chi connectivity index (χ3n) is 6.03. The number of hydrogen-bond donors (Lipinski definition) is 1. The highest BCUT2D eigenvalue weighted by Gasteiger charge is 2.44. The van der Waals surface area contributed by atoms with E-state index in [1.165, 1.54) is 4.90 Å². The number of imidazole rings is 2. The lowest BCUT2D eigenvalue weighted by Crippen LogP contribution is -2.36. The number of pyridine rings is 1. The van der Waals surface area contributed by atoms with Gasteiger partial charge in [0.2, 0.25) is 12.1 Å². The molecule has 34 heavy (non-hydrogen) atoms.